The summed E-state index contributed by atoms with van der Waals surface area (Å²) in [6.07, 6.45) is 4.14. The highest BCUT2D eigenvalue weighted by molar-refractivity contribution is 6.07. The van der Waals surface area contributed by atoms with Crippen molar-refractivity contribution in [2.24, 2.45) is 5.92 Å². The van der Waals surface area contributed by atoms with Gasteiger partial charge >= 0.3 is 5.97 Å². The topological polar surface area (TPSA) is 64.1 Å². The molecular weight excluding hydrogens is 316 g/mol. The van der Waals surface area contributed by atoms with Crippen molar-refractivity contribution in [3.63, 3.8) is 0 Å². The molecule has 25 heavy (non-hydrogen) atoms. The van der Waals surface area contributed by atoms with E-state index in [2.05, 4.69) is 23.4 Å². The number of hydrogen-bond donors (Lipinski definition) is 1. The first-order valence-corrected chi connectivity index (χ1v) is 8.37. The van der Waals surface area contributed by atoms with E-state index in [1.807, 2.05) is 13.8 Å². The molecule has 132 valence electrons. The molecule has 2 heterocycles. The van der Waals surface area contributed by atoms with E-state index >= 15 is 0 Å². The molecule has 0 saturated heterocycles. The van der Waals surface area contributed by atoms with Gasteiger partial charge in [-0.2, -0.15) is 0 Å². The minimum absolute atomic E-state index is 0.176. The Balaban J connectivity index is 2.68. The quantitative estimate of drug-likeness (QED) is 0.498. The molecule has 0 fully saturated rings. The van der Waals surface area contributed by atoms with Crippen LogP contribution in [-0.4, -0.2) is 22.1 Å². The van der Waals surface area contributed by atoms with E-state index < -0.39 is 5.97 Å². The SMILES string of the molecule is C=CCCn1cc(C#CC)c2c(C(=O)OCC(C)C)c(C)[nH]c2c1=O. The number of ether oxygens (including phenoxy) is 1. The van der Waals surface area contributed by atoms with Crippen LogP contribution in [-0.2, 0) is 11.3 Å². The number of fused-ring (bicyclic) bond motifs is 1. The lowest BCUT2D eigenvalue weighted by Crippen LogP contribution is -2.21. The minimum atomic E-state index is -0.431. The molecule has 2 aromatic heterocycles. The van der Waals surface area contributed by atoms with E-state index in [9.17, 15) is 9.59 Å². The normalized spacial score (nSPS) is 10.6. The van der Waals surface area contributed by atoms with Crippen molar-refractivity contribution in [2.45, 2.75) is 40.7 Å². The van der Waals surface area contributed by atoms with Crippen molar-refractivity contribution in [1.29, 1.82) is 0 Å². The first kappa shape index (κ1) is 18.6. The minimum Gasteiger partial charge on any atom is -0.462 e. The van der Waals surface area contributed by atoms with Gasteiger partial charge in [-0.25, -0.2) is 4.79 Å². The second-order valence-corrected chi connectivity index (χ2v) is 6.36. The van der Waals surface area contributed by atoms with Gasteiger partial charge in [0.1, 0.15) is 5.52 Å². The number of aromatic nitrogens is 2. The monoisotopic (exact) mass is 340 g/mol. The number of carbonyl (C=O) groups excluding carboxylic acids is 1. The number of nitrogens with zero attached hydrogens (tertiary/aromatic N) is 1. The maximum absolute atomic E-state index is 12.7. The molecule has 0 radical (unpaired) electrons. The van der Waals surface area contributed by atoms with Crippen molar-refractivity contribution in [3.8, 4) is 11.8 Å². The molecule has 0 aliphatic rings. The zero-order chi connectivity index (χ0) is 18.6. The maximum Gasteiger partial charge on any atom is 0.340 e. The van der Waals surface area contributed by atoms with Gasteiger partial charge < -0.3 is 14.3 Å². The highest BCUT2D eigenvalue weighted by Gasteiger charge is 2.22. The second-order valence-electron chi connectivity index (χ2n) is 6.36. The van der Waals surface area contributed by atoms with Crippen LogP contribution >= 0.6 is 0 Å². The molecule has 1 N–H and O–H groups in total. The van der Waals surface area contributed by atoms with Gasteiger partial charge in [-0.1, -0.05) is 25.8 Å². The van der Waals surface area contributed by atoms with Crippen molar-refractivity contribution >= 4 is 16.9 Å². The zero-order valence-corrected chi connectivity index (χ0v) is 15.2. The number of aromatic amines is 1. The van der Waals surface area contributed by atoms with Crippen LogP contribution in [0.3, 0.4) is 0 Å². The van der Waals surface area contributed by atoms with Crippen LogP contribution in [0, 0.1) is 24.7 Å². The maximum atomic E-state index is 12.7. The number of pyridine rings is 1. The summed E-state index contributed by atoms with van der Waals surface area (Å²) in [6, 6.07) is 0. The Labute approximate surface area is 147 Å². The van der Waals surface area contributed by atoms with Crippen LogP contribution in [0.4, 0.5) is 0 Å². The van der Waals surface area contributed by atoms with Crippen molar-refractivity contribution in [1.82, 2.24) is 9.55 Å². The average molecular weight is 340 g/mol. The average Bonchev–Trinajstić information content (AvgIpc) is 2.92. The third-order valence-corrected chi connectivity index (χ3v) is 3.80. The smallest absolute Gasteiger partial charge is 0.340 e. The van der Waals surface area contributed by atoms with E-state index in [4.69, 9.17) is 4.74 Å². The number of H-pyrrole nitrogens is 1. The molecule has 0 saturated carbocycles. The Morgan fingerprint density at radius 1 is 1.48 bits per heavy atom. The molecule has 0 aliphatic heterocycles. The molecule has 2 rings (SSSR count). The van der Waals surface area contributed by atoms with Gasteiger partial charge in [0.25, 0.3) is 5.56 Å². The molecule has 5 heteroatoms. The number of nitrogens with one attached hydrogen (secondary N) is 1. The van der Waals surface area contributed by atoms with Crippen molar-refractivity contribution in [3.05, 3.63) is 46.0 Å². The summed E-state index contributed by atoms with van der Waals surface area (Å²) >= 11 is 0. The summed E-state index contributed by atoms with van der Waals surface area (Å²) < 4.78 is 6.98. The Morgan fingerprint density at radius 3 is 2.80 bits per heavy atom. The molecule has 0 aromatic carbocycles. The van der Waals surface area contributed by atoms with Crippen LogP contribution in [0.2, 0.25) is 0 Å². The number of carbonyl (C=O) groups is 1. The highest BCUT2D eigenvalue weighted by Crippen LogP contribution is 2.24. The first-order valence-electron chi connectivity index (χ1n) is 8.37. The van der Waals surface area contributed by atoms with Gasteiger partial charge in [0.15, 0.2) is 0 Å². The second kappa shape index (κ2) is 7.89. The van der Waals surface area contributed by atoms with E-state index in [0.717, 1.165) is 0 Å². The molecule has 0 aliphatic carbocycles. The summed E-state index contributed by atoms with van der Waals surface area (Å²) in [5.74, 6) is 5.66. The Bertz CT molecular complexity index is 920. The summed E-state index contributed by atoms with van der Waals surface area (Å²) in [4.78, 5) is 28.4. The van der Waals surface area contributed by atoms with E-state index in [0.29, 0.717) is 47.3 Å². The van der Waals surface area contributed by atoms with Gasteiger partial charge in [0, 0.05) is 23.8 Å². The standard InChI is InChI=1S/C20H24N2O3/c1-6-8-10-22-11-15(9-7-2)17-16(20(24)25-12-13(3)4)14(5)21-18(17)19(22)23/h6,11,13,21H,1,8,10,12H2,2-5H3. The molecular formula is C20H24N2O3. The fourth-order valence-corrected chi connectivity index (χ4v) is 2.67. The number of allylic oxidation sites excluding steroid dienone is 1. The third-order valence-electron chi connectivity index (χ3n) is 3.80. The fourth-order valence-electron chi connectivity index (χ4n) is 2.67. The number of esters is 1. The fraction of sp³-hybridized carbons (Fsp3) is 0.400. The van der Waals surface area contributed by atoms with Gasteiger partial charge in [0.05, 0.1) is 17.7 Å². The van der Waals surface area contributed by atoms with E-state index in [-0.39, 0.29) is 11.5 Å². The predicted octanol–water partition coefficient (Wildman–Crippen LogP) is 3.40. The summed E-state index contributed by atoms with van der Waals surface area (Å²) in [5, 5.41) is 0.542. The van der Waals surface area contributed by atoms with Gasteiger partial charge in [-0.15, -0.1) is 12.5 Å². The number of rotatable bonds is 6. The van der Waals surface area contributed by atoms with Crippen LogP contribution in [0.5, 0.6) is 0 Å². The molecule has 2 aromatic rings. The summed E-state index contributed by atoms with van der Waals surface area (Å²) in [6.45, 7) is 12.0. The molecule has 0 amide bonds. The largest absolute Gasteiger partial charge is 0.462 e. The molecule has 0 unspecified atom stereocenters. The Hall–Kier alpha value is -2.74. The van der Waals surface area contributed by atoms with Gasteiger partial charge in [-0.3, -0.25) is 4.79 Å². The van der Waals surface area contributed by atoms with Crippen molar-refractivity contribution in [2.75, 3.05) is 6.61 Å². The van der Waals surface area contributed by atoms with Gasteiger partial charge in [0.2, 0.25) is 0 Å². The van der Waals surface area contributed by atoms with Crippen LogP contribution in [0.1, 0.15) is 48.8 Å². The number of hydrogen-bond acceptors (Lipinski definition) is 3. The van der Waals surface area contributed by atoms with Crippen LogP contribution in [0.15, 0.2) is 23.6 Å². The van der Waals surface area contributed by atoms with E-state index in [1.54, 1.807) is 30.7 Å². The lowest BCUT2D eigenvalue weighted by Gasteiger charge is -2.09. The number of aryl methyl sites for hydroxylation is 2. The summed E-state index contributed by atoms with van der Waals surface area (Å²) in [5.41, 5.74) is 1.85. The molecule has 0 spiro atoms. The van der Waals surface area contributed by atoms with Gasteiger partial charge in [-0.05, 0) is 26.2 Å². The zero-order valence-electron chi connectivity index (χ0n) is 15.2. The first-order chi connectivity index (χ1) is 11.9. The Kier molecular flexibility index (Phi) is 5.87. The van der Waals surface area contributed by atoms with Crippen LogP contribution in [0.25, 0.3) is 10.9 Å². The Morgan fingerprint density at radius 2 is 2.20 bits per heavy atom. The lowest BCUT2D eigenvalue weighted by molar-refractivity contribution is 0.0460. The van der Waals surface area contributed by atoms with Crippen molar-refractivity contribution < 1.29 is 9.53 Å². The predicted molar refractivity (Wildman–Crippen MR) is 99.8 cm³/mol. The third kappa shape index (κ3) is 3.85. The highest BCUT2D eigenvalue weighted by atomic mass is 16.5. The molecule has 5 nitrogen and oxygen atoms in total. The molecule has 0 atom stereocenters. The lowest BCUT2D eigenvalue weighted by atomic mass is 10.1. The van der Waals surface area contributed by atoms with E-state index in [1.165, 1.54) is 0 Å². The summed E-state index contributed by atoms with van der Waals surface area (Å²) in [7, 11) is 0. The van der Waals surface area contributed by atoms with Crippen LogP contribution < -0.4 is 5.56 Å². The molecule has 0 bridgehead atoms.